The first-order valence-electron chi connectivity index (χ1n) is 35.8. The number of nitrogens with zero attached hydrogens (tertiary/aromatic N) is 3. The first-order valence-corrected chi connectivity index (χ1v) is 35.8. The first-order chi connectivity index (χ1) is 46.6. The quantitative estimate of drug-likeness (QED) is 0.0396. The van der Waals surface area contributed by atoms with Crippen molar-refractivity contribution in [1.29, 1.82) is 0 Å². The maximum atomic E-state index is 14.6. The lowest BCUT2D eigenvalue weighted by atomic mass is 9.94. The van der Waals surface area contributed by atoms with Crippen molar-refractivity contribution in [2.24, 2.45) is 29.4 Å². The molecule has 0 aromatic heterocycles. The van der Waals surface area contributed by atoms with Gasteiger partial charge in [-0.3, -0.25) is 71.9 Å². The number of aliphatic hydroxyl groups excluding tert-OH is 1. The molecule has 11 unspecified atom stereocenters. The summed E-state index contributed by atoms with van der Waals surface area (Å²) in [6, 6.07) is -9.81. The molecule has 0 aliphatic carbocycles. The van der Waals surface area contributed by atoms with Crippen molar-refractivity contribution in [1.82, 2.24) is 73.2 Å². The third-order valence-electron chi connectivity index (χ3n) is 18.9. The summed E-state index contributed by atoms with van der Waals surface area (Å²) in [7, 11) is 0. The van der Waals surface area contributed by atoms with E-state index < -0.39 is 177 Å². The molecule has 572 valence electrons. The Morgan fingerprint density at radius 3 is 1.26 bits per heavy atom. The first kappa shape index (κ1) is 87.2. The van der Waals surface area contributed by atoms with Crippen molar-refractivity contribution in [3.63, 3.8) is 0 Å². The second-order valence-electron chi connectivity index (χ2n) is 31.3. The molecule has 31 heteroatoms. The van der Waals surface area contributed by atoms with Gasteiger partial charge in [-0.05, 0) is 164 Å². The van der Waals surface area contributed by atoms with Crippen molar-refractivity contribution in [3.05, 3.63) is 0 Å². The number of hydrogen-bond acceptors (Lipinski definition) is 16. The van der Waals surface area contributed by atoms with Gasteiger partial charge in [0.05, 0.1) is 12.6 Å². The average Bonchev–Trinajstić information content (AvgIpc) is 1.80. The summed E-state index contributed by atoms with van der Waals surface area (Å²) in [6.07, 6.45) is 2.75. The number of primary amides is 1. The van der Waals surface area contributed by atoms with E-state index in [4.69, 9.17) is 5.73 Å². The summed E-state index contributed by atoms with van der Waals surface area (Å²) in [6.45, 7) is 32.4. The van der Waals surface area contributed by atoms with Crippen LogP contribution in [0, 0.1) is 23.7 Å². The van der Waals surface area contributed by atoms with Crippen molar-refractivity contribution < 1.29 is 77.0 Å². The number of likely N-dealkylation sites (tertiary alicyclic amines) is 3. The van der Waals surface area contributed by atoms with E-state index in [9.17, 15) is 77.0 Å². The van der Waals surface area contributed by atoms with Gasteiger partial charge in [0.2, 0.25) is 88.6 Å². The maximum absolute atomic E-state index is 14.6. The second-order valence-corrected chi connectivity index (χ2v) is 31.3. The number of nitrogens with two attached hydrogens (primary N) is 1. The van der Waals surface area contributed by atoms with Gasteiger partial charge in [0.25, 0.3) is 0 Å². The average molecular weight is 1430 g/mol. The minimum atomic E-state index is -1.68. The molecule has 0 bridgehead atoms. The van der Waals surface area contributed by atoms with E-state index in [1.54, 1.807) is 34.6 Å². The highest BCUT2D eigenvalue weighted by atomic mass is 16.3. The summed E-state index contributed by atoms with van der Waals surface area (Å²) >= 11 is 0. The Labute approximate surface area is 596 Å². The van der Waals surface area contributed by atoms with E-state index in [1.165, 1.54) is 90.9 Å². The topological polar surface area (TPSA) is 444 Å². The zero-order valence-corrected chi connectivity index (χ0v) is 63.5. The van der Waals surface area contributed by atoms with Crippen molar-refractivity contribution in [2.75, 3.05) is 26.2 Å². The van der Waals surface area contributed by atoms with Crippen LogP contribution in [0.15, 0.2) is 0 Å². The largest absolute Gasteiger partial charge is 0.394 e. The third kappa shape index (κ3) is 24.9. The second kappa shape index (κ2) is 37.3. The van der Waals surface area contributed by atoms with Gasteiger partial charge >= 0.3 is 0 Å². The van der Waals surface area contributed by atoms with E-state index in [0.717, 1.165) is 0 Å². The Morgan fingerprint density at radius 1 is 0.455 bits per heavy atom. The Kier molecular flexibility index (Phi) is 32.2. The Morgan fingerprint density at radius 2 is 0.861 bits per heavy atom. The summed E-state index contributed by atoms with van der Waals surface area (Å²) in [5.41, 5.74) is -2.60. The fourth-order valence-corrected chi connectivity index (χ4v) is 12.7. The van der Waals surface area contributed by atoms with Crippen LogP contribution >= 0.6 is 0 Å². The Bertz CT molecular complexity index is 3020. The fraction of sp³-hybridized carbons (Fsp3) is 0.786. The molecule has 31 nitrogen and oxygen atoms in total. The molecule has 101 heavy (non-hydrogen) atoms. The summed E-state index contributed by atoms with van der Waals surface area (Å²) in [5.74, 6) is -10.7. The number of carbonyl (C=O) groups excluding carboxylic acids is 15. The molecule has 0 spiro atoms. The van der Waals surface area contributed by atoms with Crippen LogP contribution in [0.5, 0.6) is 0 Å². The minimum Gasteiger partial charge on any atom is -0.394 e. The number of carbonyl (C=O) groups is 15. The van der Waals surface area contributed by atoms with Gasteiger partial charge in [0, 0.05) is 33.0 Å². The van der Waals surface area contributed by atoms with E-state index in [-0.39, 0.29) is 88.9 Å². The maximum Gasteiger partial charge on any atom is 0.248 e. The Balaban J connectivity index is 1.72. The van der Waals surface area contributed by atoms with Gasteiger partial charge < -0.3 is 84.0 Å². The number of aliphatic hydroxyl groups is 1. The summed E-state index contributed by atoms with van der Waals surface area (Å²) in [4.78, 5) is 211. The number of amides is 15. The minimum absolute atomic E-state index is 0.0498. The monoisotopic (exact) mass is 1430 g/mol. The lowest BCUT2D eigenvalue weighted by Crippen LogP contribution is -2.66. The lowest BCUT2D eigenvalue weighted by molar-refractivity contribution is -0.147. The van der Waals surface area contributed by atoms with Crippen molar-refractivity contribution >= 4 is 88.6 Å². The predicted molar refractivity (Wildman–Crippen MR) is 376 cm³/mol. The van der Waals surface area contributed by atoms with Gasteiger partial charge in [0.1, 0.15) is 76.0 Å². The lowest BCUT2D eigenvalue weighted by Gasteiger charge is -2.37. The molecule has 3 saturated heterocycles. The van der Waals surface area contributed by atoms with E-state index in [0.29, 0.717) is 38.5 Å². The molecule has 3 heterocycles. The SMILES string of the molecule is CCC(C)C(NC(=O)C(C)NC(=O)C1CCCN1C(=O)C(C)(C)NC(=O)C(CC(C)C)NC(=O)C(CCC(N)=O)NC(=O)C(C)(C)NC(C)=O)C(=O)NC(C)(C)C(=O)N1CCCC1C(=O)NC(C)(CC)C(=O)NC(CC(C)C)C(=O)NC(C)(C)C(=O)N1CCCC1C(=O)NC(CO)CC(C)C. The predicted octanol–water partition coefficient (Wildman–Crippen LogP) is 0.214. The molecule has 0 radical (unpaired) electrons. The van der Waals surface area contributed by atoms with Crippen LogP contribution < -0.4 is 64.2 Å². The van der Waals surface area contributed by atoms with Gasteiger partial charge in [-0.1, -0.05) is 68.7 Å². The van der Waals surface area contributed by atoms with Crippen molar-refractivity contribution in [2.45, 2.75) is 304 Å². The molecule has 0 aromatic rings. The van der Waals surface area contributed by atoms with Crippen LogP contribution in [-0.2, 0) is 71.9 Å². The van der Waals surface area contributed by atoms with Crippen LogP contribution in [0.3, 0.4) is 0 Å². The fourth-order valence-electron chi connectivity index (χ4n) is 12.7. The van der Waals surface area contributed by atoms with E-state index in [2.05, 4.69) is 58.5 Å². The number of rotatable bonds is 37. The van der Waals surface area contributed by atoms with Gasteiger partial charge in [-0.15, -0.1) is 0 Å². The molecule has 3 aliphatic rings. The third-order valence-corrected chi connectivity index (χ3v) is 18.9. The molecule has 11 atom stereocenters. The van der Waals surface area contributed by atoms with Gasteiger partial charge in [0.15, 0.2) is 0 Å². The standard InChI is InChI=1S/C70H121N15O16/c1-21-41(9)52(77-53(89)42(10)72-57(93)48-26-23-31-83(48)63(99)67(14,15)79-55(91)46(35-39(5)6)74-54(90)45(29-30-51(71)88)75-61(97)66(12,13)78-43(11)87)60(96)81-69(18,19)65(101)85-33-25-28-50(85)59(95)82-70(20,22-2)62(98)76-47(36-40(7)8)56(92)80-68(16,17)64(100)84-32-24-27-49(84)58(94)73-44(37-86)34-38(3)4/h38-42,44-50,52,86H,21-37H2,1-20H3,(H2,71,88)(H,72,93)(H,73,94)(H,74,90)(H,75,97)(H,76,98)(H,77,89)(H,78,87)(H,79,91)(H,80,92)(H,81,96)(H,82,95). The molecule has 0 saturated carbocycles. The number of hydrogen-bond donors (Lipinski definition) is 13. The van der Waals surface area contributed by atoms with Crippen LogP contribution in [0.1, 0.15) is 222 Å². The van der Waals surface area contributed by atoms with Crippen LogP contribution in [0.4, 0.5) is 0 Å². The van der Waals surface area contributed by atoms with E-state index >= 15 is 0 Å². The van der Waals surface area contributed by atoms with Gasteiger partial charge in [-0.2, -0.15) is 0 Å². The highest BCUT2D eigenvalue weighted by Gasteiger charge is 2.49. The summed E-state index contributed by atoms with van der Waals surface area (Å²) in [5, 5.41) is 39.8. The van der Waals surface area contributed by atoms with Crippen LogP contribution in [-0.4, -0.2) is 217 Å². The molecule has 3 aliphatic heterocycles. The highest BCUT2D eigenvalue weighted by molar-refractivity contribution is 6.02. The van der Waals surface area contributed by atoms with Crippen LogP contribution in [0.2, 0.25) is 0 Å². The highest BCUT2D eigenvalue weighted by Crippen LogP contribution is 2.27. The molecular weight excluding hydrogens is 1310 g/mol. The zero-order chi connectivity index (χ0) is 77.2. The smallest absolute Gasteiger partial charge is 0.248 e. The number of nitrogens with one attached hydrogen (secondary N) is 11. The normalized spacial score (nSPS) is 19.2. The van der Waals surface area contributed by atoms with Gasteiger partial charge in [-0.25, -0.2) is 0 Å². The van der Waals surface area contributed by atoms with E-state index in [1.807, 2.05) is 27.7 Å². The van der Waals surface area contributed by atoms with Crippen LogP contribution in [0.25, 0.3) is 0 Å². The molecule has 14 N–H and O–H groups in total. The summed E-state index contributed by atoms with van der Waals surface area (Å²) < 4.78 is 0. The molecule has 3 fully saturated rings. The molecule has 0 aromatic carbocycles. The molecule has 15 amide bonds. The molecule has 3 rings (SSSR count). The molecular formula is C70H121N15O16. The Hall–Kier alpha value is -7.99. The zero-order valence-electron chi connectivity index (χ0n) is 63.5. The van der Waals surface area contributed by atoms with Crippen molar-refractivity contribution in [3.8, 4) is 0 Å².